The maximum Gasteiger partial charge on any atom is 0.0434 e. The van der Waals surface area contributed by atoms with Crippen LogP contribution in [0, 0.1) is 0 Å². The Balaban J connectivity index is 2.21. The highest BCUT2D eigenvalue weighted by Crippen LogP contribution is 2.24. The molecule has 2 heteroatoms. The van der Waals surface area contributed by atoms with Gasteiger partial charge in [-0.2, -0.15) is 0 Å². The summed E-state index contributed by atoms with van der Waals surface area (Å²) in [5.74, 6) is 0. The van der Waals surface area contributed by atoms with Gasteiger partial charge in [0.2, 0.25) is 0 Å². The highest BCUT2D eigenvalue weighted by atomic mass is 16.2. The molecule has 0 spiro atoms. The molecule has 2 rings (SSSR count). The highest BCUT2D eigenvalue weighted by Gasteiger charge is 2.17. The molecule has 1 aliphatic rings. The summed E-state index contributed by atoms with van der Waals surface area (Å²) in [4.78, 5) is 0. The van der Waals surface area contributed by atoms with Gasteiger partial charge in [0.15, 0.2) is 0 Å². The number of nitrogens with two attached hydrogens (primary N) is 1. The molecule has 0 saturated carbocycles. The van der Waals surface area contributed by atoms with Gasteiger partial charge in [0.1, 0.15) is 0 Å². The van der Waals surface area contributed by atoms with Crippen molar-refractivity contribution in [3.05, 3.63) is 34.9 Å². The van der Waals surface area contributed by atoms with Crippen LogP contribution in [0.15, 0.2) is 18.2 Å². The average molecular weight is 205 g/mol. The number of rotatable bonds is 3. The highest BCUT2D eigenvalue weighted by molar-refractivity contribution is 5.37. The minimum absolute atomic E-state index is 0.281. The van der Waals surface area contributed by atoms with Gasteiger partial charge in [0.05, 0.1) is 0 Å². The first-order chi connectivity index (χ1) is 7.31. The molecule has 15 heavy (non-hydrogen) atoms. The lowest BCUT2D eigenvalue weighted by atomic mass is 9.85. The Bertz CT molecular complexity index is 335. The van der Waals surface area contributed by atoms with Crippen molar-refractivity contribution < 1.29 is 5.11 Å². The summed E-state index contributed by atoms with van der Waals surface area (Å²) in [6, 6.07) is 6.83. The zero-order chi connectivity index (χ0) is 10.7. The third-order valence-electron chi connectivity index (χ3n) is 3.22. The van der Waals surface area contributed by atoms with Crippen LogP contribution in [0.25, 0.3) is 0 Å². The van der Waals surface area contributed by atoms with Crippen LogP contribution in [0.3, 0.4) is 0 Å². The van der Waals surface area contributed by atoms with Crippen molar-refractivity contribution in [2.45, 2.75) is 38.1 Å². The molecule has 0 saturated heterocycles. The van der Waals surface area contributed by atoms with Crippen LogP contribution in [-0.2, 0) is 19.3 Å². The van der Waals surface area contributed by atoms with E-state index in [1.165, 1.54) is 16.7 Å². The van der Waals surface area contributed by atoms with Gasteiger partial charge >= 0.3 is 0 Å². The minimum Gasteiger partial charge on any atom is -0.396 e. The fourth-order valence-electron chi connectivity index (χ4n) is 2.42. The standard InChI is InChI=1S/C13H19NO/c14-12-6-7-13-10(5-2-8-15)3-1-4-11(13)9-12/h1,3-4,12,15H,2,5-9,14H2/t12-/m0/s1. The molecular formula is C13H19NO. The molecule has 0 unspecified atom stereocenters. The van der Waals surface area contributed by atoms with Gasteiger partial charge in [-0.15, -0.1) is 0 Å². The Labute approximate surface area is 91.1 Å². The van der Waals surface area contributed by atoms with E-state index < -0.39 is 0 Å². The van der Waals surface area contributed by atoms with Crippen molar-refractivity contribution in [1.82, 2.24) is 0 Å². The Kier molecular flexibility index (Phi) is 3.39. The van der Waals surface area contributed by atoms with E-state index in [1.54, 1.807) is 0 Å². The molecule has 1 aliphatic carbocycles. The van der Waals surface area contributed by atoms with Crippen molar-refractivity contribution in [2.24, 2.45) is 5.73 Å². The van der Waals surface area contributed by atoms with Gasteiger partial charge in [-0.05, 0) is 48.8 Å². The Morgan fingerprint density at radius 2 is 2.27 bits per heavy atom. The molecule has 2 nitrogen and oxygen atoms in total. The molecule has 82 valence electrons. The second kappa shape index (κ2) is 4.77. The smallest absolute Gasteiger partial charge is 0.0434 e. The molecule has 0 heterocycles. The largest absolute Gasteiger partial charge is 0.396 e. The number of aliphatic hydroxyl groups excluding tert-OH is 1. The van der Waals surface area contributed by atoms with Crippen LogP contribution >= 0.6 is 0 Å². The van der Waals surface area contributed by atoms with Gasteiger partial charge in [-0.1, -0.05) is 18.2 Å². The van der Waals surface area contributed by atoms with Crippen molar-refractivity contribution in [1.29, 1.82) is 0 Å². The SMILES string of the molecule is N[C@H]1CCc2c(CCCO)cccc2C1. The predicted octanol–water partition coefficient (Wildman–Crippen LogP) is 1.43. The van der Waals surface area contributed by atoms with Crippen molar-refractivity contribution in [3.63, 3.8) is 0 Å². The predicted molar refractivity (Wildman–Crippen MR) is 61.8 cm³/mol. The Morgan fingerprint density at radius 3 is 3.07 bits per heavy atom. The quantitative estimate of drug-likeness (QED) is 0.784. The fraction of sp³-hybridized carbons (Fsp3) is 0.538. The van der Waals surface area contributed by atoms with Crippen LogP contribution in [-0.4, -0.2) is 17.8 Å². The molecule has 0 bridgehead atoms. The van der Waals surface area contributed by atoms with Gasteiger partial charge in [-0.3, -0.25) is 0 Å². The molecule has 0 aliphatic heterocycles. The normalized spacial score (nSPS) is 20.0. The Hall–Kier alpha value is -0.860. The first-order valence-corrected chi connectivity index (χ1v) is 5.77. The topological polar surface area (TPSA) is 46.2 Å². The summed E-state index contributed by atoms with van der Waals surface area (Å²) in [7, 11) is 0. The van der Waals surface area contributed by atoms with E-state index in [0.717, 1.165) is 32.1 Å². The Morgan fingerprint density at radius 1 is 1.40 bits per heavy atom. The summed E-state index contributed by atoms with van der Waals surface area (Å²) in [6.07, 6.45) is 5.08. The van der Waals surface area contributed by atoms with E-state index in [4.69, 9.17) is 10.8 Å². The zero-order valence-corrected chi connectivity index (χ0v) is 9.08. The van der Waals surface area contributed by atoms with Crippen LogP contribution < -0.4 is 5.73 Å². The van der Waals surface area contributed by atoms with Gasteiger partial charge in [0.25, 0.3) is 0 Å². The maximum absolute atomic E-state index is 8.85. The number of benzene rings is 1. The van der Waals surface area contributed by atoms with E-state index in [0.29, 0.717) is 6.04 Å². The van der Waals surface area contributed by atoms with Crippen LogP contribution in [0.2, 0.25) is 0 Å². The molecule has 1 aromatic rings. The summed E-state index contributed by atoms with van der Waals surface area (Å²) in [5.41, 5.74) is 10.3. The van der Waals surface area contributed by atoms with Crippen LogP contribution in [0.5, 0.6) is 0 Å². The summed E-state index contributed by atoms with van der Waals surface area (Å²) in [5, 5.41) is 8.85. The lowest BCUT2D eigenvalue weighted by Gasteiger charge is -2.23. The van der Waals surface area contributed by atoms with E-state index in [-0.39, 0.29) is 6.61 Å². The van der Waals surface area contributed by atoms with E-state index in [9.17, 15) is 0 Å². The zero-order valence-electron chi connectivity index (χ0n) is 9.08. The molecular weight excluding hydrogens is 186 g/mol. The van der Waals surface area contributed by atoms with Crippen LogP contribution in [0.1, 0.15) is 29.5 Å². The van der Waals surface area contributed by atoms with E-state index in [1.807, 2.05) is 0 Å². The van der Waals surface area contributed by atoms with Crippen molar-refractivity contribution in [2.75, 3.05) is 6.61 Å². The number of hydrogen-bond donors (Lipinski definition) is 2. The monoisotopic (exact) mass is 205 g/mol. The second-order valence-corrected chi connectivity index (χ2v) is 4.38. The summed E-state index contributed by atoms with van der Waals surface area (Å²) in [6.45, 7) is 0.281. The second-order valence-electron chi connectivity index (χ2n) is 4.38. The molecule has 0 radical (unpaired) electrons. The molecule has 3 N–H and O–H groups in total. The molecule has 0 fully saturated rings. The van der Waals surface area contributed by atoms with Crippen LogP contribution in [0.4, 0.5) is 0 Å². The first kappa shape index (κ1) is 10.7. The third-order valence-corrected chi connectivity index (χ3v) is 3.22. The lowest BCUT2D eigenvalue weighted by molar-refractivity contribution is 0.288. The van der Waals surface area contributed by atoms with Crippen molar-refractivity contribution in [3.8, 4) is 0 Å². The van der Waals surface area contributed by atoms with Crippen molar-refractivity contribution >= 4 is 0 Å². The first-order valence-electron chi connectivity index (χ1n) is 5.77. The average Bonchev–Trinajstić information content (AvgIpc) is 2.25. The molecule has 1 aromatic carbocycles. The minimum atomic E-state index is 0.281. The van der Waals surface area contributed by atoms with Gasteiger partial charge < -0.3 is 10.8 Å². The molecule has 1 atom stereocenters. The summed E-state index contributed by atoms with van der Waals surface area (Å²) < 4.78 is 0. The number of aryl methyl sites for hydroxylation is 1. The third kappa shape index (κ3) is 2.39. The molecule has 0 aromatic heterocycles. The van der Waals surface area contributed by atoms with Gasteiger partial charge in [-0.25, -0.2) is 0 Å². The maximum atomic E-state index is 8.85. The molecule has 0 amide bonds. The fourth-order valence-corrected chi connectivity index (χ4v) is 2.42. The van der Waals surface area contributed by atoms with E-state index >= 15 is 0 Å². The lowest BCUT2D eigenvalue weighted by Crippen LogP contribution is -2.28. The number of hydrogen-bond acceptors (Lipinski definition) is 2. The van der Waals surface area contributed by atoms with Gasteiger partial charge in [0, 0.05) is 12.6 Å². The van der Waals surface area contributed by atoms with E-state index in [2.05, 4.69) is 18.2 Å². The number of aliphatic hydroxyl groups is 1. The summed E-state index contributed by atoms with van der Waals surface area (Å²) >= 11 is 0. The number of fused-ring (bicyclic) bond motifs is 1.